The van der Waals surface area contributed by atoms with Gasteiger partial charge < -0.3 is 15.2 Å². The standard InChI is InChI=1S/C13H18N4O2S/c1-14-12-10-2-5-20-13(10)16-11(15-12)6-17-3-4-19-8-9(17)7-18/h2,5,9,18H,3-4,6-8H2,1H3,(H,14,15,16). The molecule has 108 valence electrons. The Morgan fingerprint density at radius 3 is 3.25 bits per heavy atom. The van der Waals surface area contributed by atoms with E-state index in [0.29, 0.717) is 19.8 Å². The molecule has 0 bridgehead atoms. The third kappa shape index (κ3) is 2.62. The molecule has 1 saturated heterocycles. The molecule has 0 aliphatic carbocycles. The van der Waals surface area contributed by atoms with Crippen molar-refractivity contribution in [1.29, 1.82) is 0 Å². The monoisotopic (exact) mass is 294 g/mol. The highest BCUT2D eigenvalue weighted by Gasteiger charge is 2.23. The lowest BCUT2D eigenvalue weighted by atomic mass is 10.2. The van der Waals surface area contributed by atoms with Crippen LogP contribution in [0.2, 0.25) is 0 Å². The molecule has 0 aromatic carbocycles. The zero-order valence-electron chi connectivity index (χ0n) is 11.4. The van der Waals surface area contributed by atoms with Gasteiger partial charge in [0.2, 0.25) is 0 Å². The number of rotatable bonds is 4. The van der Waals surface area contributed by atoms with Crippen LogP contribution in [0.3, 0.4) is 0 Å². The van der Waals surface area contributed by atoms with Crippen molar-refractivity contribution in [2.75, 3.05) is 38.7 Å². The van der Waals surface area contributed by atoms with Crippen LogP contribution in [0, 0.1) is 0 Å². The van der Waals surface area contributed by atoms with Gasteiger partial charge in [0.1, 0.15) is 16.5 Å². The zero-order chi connectivity index (χ0) is 13.9. The first-order chi connectivity index (χ1) is 9.81. The van der Waals surface area contributed by atoms with Crippen molar-refractivity contribution in [3.05, 3.63) is 17.3 Å². The lowest BCUT2D eigenvalue weighted by Gasteiger charge is -2.33. The third-order valence-electron chi connectivity index (χ3n) is 3.51. The number of fused-ring (bicyclic) bond motifs is 1. The van der Waals surface area contributed by atoms with Crippen LogP contribution in [0.4, 0.5) is 5.82 Å². The molecule has 1 atom stereocenters. The molecule has 0 spiro atoms. The molecule has 1 aliphatic heterocycles. The Morgan fingerprint density at radius 2 is 2.45 bits per heavy atom. The van der Waals surface area contributed by atoms with Crippen molar-refractivity contribution in [3.63, 3.8) is 0 Å². The second-order valence-corrected chi connectivity index (χ2v) is 5.65. The van der Waals surface area contributed by atoms with Gasteiger partial charge in [-0.15, -0.1) is 11.3 Å². The maximum absolute atomic E-state index is 9.41. The summed E-state index contributed by atoms with van der Waals surface area (Å²) in [4.78, 5) is 12.4. The molecule has 6 nitrogen and oxygen atoms in total. The smallest absolute Gasteiger partial charge is 0.146 e. The Hall–Kier alpha value is -1.28. The zero-order valence-corrected chi connectivity index (χ0v) is 12.2. The SMILES string of the molecule is CNc1nc(CN2CCOCC2CO)nc2sccc12. The molecule has 2 aromatic rings. The third-order valence-corrected chi connectivity index (χ3v) is 4.32. The van der Waals surface area contributed by atoms with Crippen molar-refractivity contribution >= 4 is 27.4 Å². The topological polar surface area (TPSA) is 70.5 Å². The summed E-state index contributed by atoms with van der Waals surface area (Å²) in [5, 5.41) is 15.6. The molecular weight excluding hydrogens is 276 g/mol. The lowest BCUT2D eigenvalue weighted by molar-refractivity contribution is -0.0322. The molecule has 1 fully saturated rings. The van der Waals surface area contributed by atoms with Gasteiger partial charge in [0.15, 0.2) is 0 Å². The summed E-state index contributed by atoms with van der Waals surface area (Å²) in [6.07, 6.45) is 0. The van der Waals surface area contributed by atoms with Crippen LogP contribution in [-0.2, 0) is 11.3 Å². The average molecular weight is 294 g/mol. The minimum absolute atomic E-state index is 0.0319. The second-order valence-electron chi connectivity index (χ2n) is 4.76. The van der Waals surface area contributed by atoms with E-state index in [1.54, 1.807) is 11.3 Å². The molecule has 2 aromatic heterocycles. The van der Waals surface area contributed by atoms with Gasteiger partial charge in [-0.2, -0.15) is 0 Å². The van der Waals surface area contributed by atoms with Crippen LogP contribution in [0.1, 0.15) is 5.82 Å². The molecular formula is C13H18N4O2S. The van der Waals surface area contributed by atoms with Crippen LogP contribution < -0.4 is 5.32 Å². The van der Waals surface area contributed by atoms with E-state index >= 15 is 0 Å². The fourth-order valence-electron chi connectivity index (χ4n) is 2.41. The van der Waals surface area contributed by atoms with E-state index in [4.69, 9.17) is 4.74 Å². The van der Waals surface area contributed by atoms with Crippen LogP contribution in [0.25, 0.3) is 10.2 Å². The van der Waals surface area contributed by atoms with Crippen molar-refractivity contribution in [1.82, 2.24) is 14.9 Å². The van der Waals surface area contributed by atoms with E-state index < -0.39 is 0 Å². The Bertz CT molecular complexity index is 589. The van der Waals surface area contributed by atoms with E-state index in [1.165, 1.54) is 0 Å². The highest BCUT2D eigenvalue weighted by atomic mass is 32.1. The van der Waals surface area contributed by atoms with E-state index in [9.17, 15) is 5.11 Å². The van der Waals surface area contributed by atoms with Gasteiger partial charge >= 0.3 is 0 Å². The second kappa shape index (κ2) is 6.01. The number of nitrogens with one attached hydrogen (secondary N) is 1. The number of ether oxygens (including phenoxy) is 1. The van der Waals surface area contributed by atoms with Gasteiger partial charge in [0.25, 0.3) is 0 Å². The fraction of sp³-hybridized carbons (Fsp3) is 0.538. The highest BCUT2D eigenvalue weighted by molar-refractivity contribution is 7.16. The Balaban J connectivity index is 1.86. The van der Waals surface area contributed by atoms with Gasteiger partial charge in [0.05, 0.1) is 37.8 Å². The first-order valence-electron chi connectivity index (χ1n) is 6.66. The molecule has 3 heterocycles. The fourth-order valence-corrected chi connectivity index (χ4v) is 3.19. The number of hydrogen-bond donors (Lipinski definition) is 2. The van der Waals surface area contributed by atoms with Crippen LogP contribution >= 0.6 is 11.3 Å². The van der Waals surface area contributed by atoms with E-state index in [-0.39, 0.29) is 12.6 Å². The minimum atomic E-state index is 0.0319. The van der Waals surface area contributed by atoms with Crippen molar-refractivity contribution in [2.24, 2.45) is 0 Å². The number of thiophene rings is 1. The van der Waals surface area contributed by atoms with Crippen molar-refractivity contribution in [2.45, 2.75) is 12.6 Å². The summed E-state index contributed by atoms with van der Waals surface area (Å²) in [6, 6.07) is 2.06. The average Bonchev–Trinajstić information content (AvgIpc) is 2.95. The van der Waals surface area contributed by atoms with Crippen LogP contribution in [0.15, 0.2) is 11.4 Å². The molecule has 1 unspecified atom stereocenters. The maximum Gasteiger partial charge on any atom is 0.146 e. The Kier molecular flexibility index (Phi) is 4.11. The lowest BCUT2D eigenvalue weighted by Crippen LogP contribution is -2.47. The molecule has 0 amide bonds. The van der Waals surface area contributed by atoms with Crippen molar-refractivity contribution in [3.8, 4) is 0 Å². The molecule has 0 radical (unpaired) electrons. The maximum atomic E-state index is 9.41. The first kappa shape index (κ1) is 13.7. The Morgan fingerprint density at radius 1 is 1.55 bits per heavy atom. The number of aliphatic hydroxyl groups excluding tert-OH is 1. The summed E-state index contributed by atoms with van der Waals surface area (Å²) < 4.78 is 5.39. The number of hydrogen-bond acceptors (Lipinski definition) is 7. The molecule has 0 saturated carbocycles. The van der Waals surface area contributed by atoms with Gasteiger partial charge in [-0.1, -0.05) is 0 Å². The number of nitrogens with zero attached hydrogens (tertiary/aromatic N) is 3. The van der Waals surface area contributed by atoms with E-state index in [2.05, 4.69) is 20.2 Å². The van der Waals surface area contributed by atoms with Crippen molar-refractivity contribution < 1.29 is 9.84 Å². The molecule has 20 heavy (non-hydrogen) atoms. The predicted molar refractivity (Wildman–Crippen MR) is 79.1 cm³/mol. The van der Waals surface area contributed by atoms with Crippen LogP contribution in [-0.4, -0.2) is 59.4 Å². The summed E-state index contributed by atoms with van der Waals surface area (Å²) in [7, 11) is 1.87. The quantitative estimate of drug-likeness (QED) is 0.874. The molecule has 1 aliphatic rings. The van der Waals surface area contributed by atoms with Crippen LogP contribution in [0.5, 0.6) is 0 Å². The largest absolute Gasteiger partial charge is 0.395 e. The predicted octanol–water partition coefficient (Wildman–Crippen LogP) is 0.926. The van der Waals surface area contributed by atoms with Gasteiger partial charge in [0, 0.05) is 13.6 Å². The summed E-state index contributed by atoms with van der Waals surface area (Å²) >= 11 is 1.62. The number of anilines is 1. The van der Waals surface area contributed by atoms with Gasteiger partial charge in [-0.05, 0) is 11.4 Å². The minimum Gasteiger partial charge on any atom is -0.395 e. The summed E-state index contributed by atoms with van der Waals surface area (Å²) in [5.41, 5.74) is 0. The number of morpholine rings is 1. The van der Waals surface area contributed by atoms with E-state index in [1.807, 2.05) is 18.5 Å². The van der Waals surface area contributed by atoms with Gasteiger partial charge in [-0.3, -0.25) is 4.90 Å². The molecule has 7 heteroatoms. The van der Waals surface area contributed by atoms with Gasteiger partial charge in [-0.25, -0.2) is 9.97 Å². The number of aliphatic hydroxyl groups is 1. The first-order valence-corrected chi connectivity index (χ1v) is 7.54. The summed E-state index contributed by atoms with van der Waals surface area (Å²) in [6.45, 7) is 2.79. The number of aromatic nitrogens is 2. The summed E-state index contributed by atoms with van der Waals surface area (Å²) in [5.74, 6) is 1.64. The normalized spacial score (nSPS) is 20.4. The molecule has 2 N–H and O–H groups in total. The Labute approximate surface area is 121 Å². The van der Waals surface area contributed by atoms with E-state index in [0.717, 1.165) is 28.4 Å². The highest BCUT2D eigenvalue weighted by Crippen LogP contribution is 2.25. The molecule has 3 rings (SSSR count).